The van der Waals surface area contributed by atoms with Crippen molar-refractivity contribution in [3.63, 3.8) is 0 Å². The summed E-state index contributed by atoms with van der Waals surface area (Å²) in [5.74, 6) is -0.104. The summed E-state index contributed by atoms with van der Waals surface area (Å²) in [7, 11) is 0. The van der Waals surface area contributed by atoms with E-state index < -0.39 is 0 Å². The number of allylic oxidation sites excluding steroid dienone is 2. The van der Waals surface area contributed by atoms with Crippen LogP contribution in [-0.4, -0.2) is 28.2 Å². The second kappa shape index (κ2) is 6.89. The topological polar surface area (TPSA) is 23.6 Å². The molecule has 0 unspecified atom stereocenters. The van der Waals surface area contributed by atoms with E-state index in [0.717, 1.165) is 11.6 Å². The van der Waals surface area contributed by atoms with Crippen LogP contribution in [0, 0.1) is 0 Å². The van der Waals surface area contributed by atoms with E-state index >= 15 is 0 Å². The Morgan fingerprint density at radius 2 is 1.91 bits per heavy atom. The number of thioether (sulfide) groups is 2. The Hall–Kier alpha value is -0.950. The van der Waals surface area contributed by atoms with E-state index in [1.807, 2.05) is 25.1 Å². The van der Waals surface area contributed by atoms with Gasteiger partial charge in [0, 0.05) is 18.0 Å². The summed E-state index contributed by atoms with van der Waals surface area (Å²) in [4.78, 5) is 17.8. The molecule has 0 N–H and O–H groups in total. The standard InChI is InChI=1S/C16H15ClN2OS3/c1-3-18-11-7-5-6-8-12(11)22-13(18)9-10(17)14-15(20)19(4-2)16(21)23-14/h5-9H,3-4H2,1-2H3. The minimum atomic E-state index is -0.104. The first kappa shape index (κ1) is 16.9. The molecule has 1 aromatic carbocycles. The Bertz CT molecular complexity index is 745. The quantitative estimate of drug-likeness (QED) is 0.552. The maximum absolute atomic E-state index is 12.4. The number of fused-ring (bicyclic) bond motifs is 1. The lowest BCUT2D eigenvalue weighted by molar-refractivity contribution is -0.122. The molecule has 1 fully saturated rings. The number of carbonyl (C=O) groups excluding carboxylic acids is 1. The molecule has 1 aromatic rings. The molecule has 2 aliphatic heterocycles. The SMILES string of the molecule is CCN1C(=O)C(=C(Cl)C=C2Sc3ccccc3N2CC)SC1=S. The van der Waals surface area contributed by atoms with Gasteiger partial charge in [-0.15, -0.1) is 0 Å². The zero-order valence-electron chi connectivity index (χ0n) is 12.7. The molecule has 0 aromatic heterocycles. The third kappa shape index (κ3) is 3.05. The molecule has 3 rings (SSSR count). The number of hydrogen-bond donors (Lipinski definition) is 0. The van der Waals surface area contributed by atoms with Crippen molar-refractivity contribution in [3.8, 4) is 0 Å². The first-order valence-electron chi connectivity index (χ1n) is 7.26. The minimum absolute atomic E-state index is 0.104. The van der Waals surface area contributed by atoms with Crippen LogP contribution in [0.25, 0.3) is 0 Å². The molecule has 0 atom stereocenters. The van der Waals surface area contributed by atoms with E-state index in [0.29, 0.717) is 20.8 Å². The van der Waals surface area contributed by atoms with E-state index in [2.05, 4.69) is 24.0 Å². The lowest BCUT2D eigenvalue weighted by Gasteiger charge is -2.17. The highest BCUT2D eigenvalue weighted by atomic mass is 35.5. The third-order valence-electron chi connectivity index (χ3n) is 3.59. The van der Waals surface area contributed by atoms with E-state index in [-0.39, 0.29) is 5.91 Å². The van der Waals surface area contributed by atoms with Crippen molar-refractivity contribution in [2.24, 2.45) is 0 Å². The summed E-state index contributed by atoms with van der Waals surface area (Å²) in [6.45, 7) is 5.41. The molecular weight excluding hydrogens is 368 g/mol. The molecule has 23 heavy (non-hydrogen) atoms. The van der Waals surface area contributed by atoms with Gasteiger partial charge in [-0.2, -0.15) is 0 Å². The van der Waals surface area contributed by atoms with Crippen LogP contribution in [0.1, 0.15) is 13.8 Å². The van der Waals surface area contributed by atoms with Crippen LogP contribution < -0.4 is 4.90 Å². The number of hydrogen-bond acceptors (Lipinski definition) is 5. The van der Waals surface area contributed by atoms with Crippen LogP contribution in [0.15, 0.2) is 50.2 Å². The molecular formula is C16H15ClN2OS3. The Morgan fingerprint density at radius 1 is 1.22 bits per heavy atom. The lowest BCUT2D eigenvalue weighted by atomic mass is 10.3. The zero-order chi connectivity index (χ0) is 16.6. The fourth-order valence-corrected chi connectivity index (χ4v) is 5.32. The highest BCUT2D eigenvalue weighted by Gasteiger charge is 2.33. The molecule has 2 heterocycles. The average molecular weight is 383 g/mol. The van der Waals surface area contributed by atoms with E-state index in [1.165, 1.54) is 22.3 Å². The van der Waals surface area contributed by atoms with E-state index in [4.69, 9.17) is 23.8 Å². The van der Waals surface area contributed by atoms with Gasteiger partial charge in [0.1, 0.15) is 4.32 Å². The summed E-state index contributed by atoms with van der Waals surface area (Å²) in [5, 5.41) is 1.48. The highest BCUT2D eigenvalue weighted by Crippen LogP contribution is 2.46. The van der Waals surface area contributed by atoms with Gasteiger partial charge in [-0.05, 0) is 32.1 Å². The van der Waals surface area contributed by atoms with Crippen LogP contribution in [0.5, 0.6) is 0 Å². The fraction of sp³-hybridized carbons (Fsp3) is 0.250. The van der Waals surface area contributed by atoms with E-state index in [9.17, 15) is 4.79 Å². The zero-order valence-corrected chi connectivity index (χ0v) is 15.9. The Morgan fingerprint density at radius 3 is 2.57 bits per heavy atom. The van der Waals surface area contributed by atoms with Gasteiger partial charge < -0.3 is 4.90 Å². The number of amides is 1. The average Bonchev–Trinajstić information content (AvgIpc) is 3.03. The van der Waals surface area contributed by atoms with Crippen molar-refractivity contribution >= 4 is 63.3 Å². The van der Waals surface area contributed by atoms with Crippen LogP contribution >= 0.6 is 47.3 Å². The highest BCUT2D eigenvalue weighted by molar-refractivity contribution is 8.26. The predicted octanol–water partition coefficient (Wildman–Crippen LogP) is 4.79. The van der Waals surface area contributed by atoms with Gasteiger partial charge in [0.05, 0.1) is 20.7 Å². The normalized spacial score (nSPS) is 21.4. The number of likely N-dealkylation sites (N-methyl/N-ethyl adjacent to an activating group) is 1. The largest absolute Gasteiger partial charge is 0.335 e. The van der Waals surface area contributed by atoms with Crippen molar-refractivity contribution < 1.29 is 4.79 Å². The summed E-state index contributed by atoms with van der Waals surface area (Å²) >= 11 is 14.6. The summed E-state index contributed by atoms with van der Waals surface area (Å²) < 4.78 is 0.568. The van der Waals surface area contributed by atoms with Gasteiger partial charge in [-0.25, -0.2) is 0 Å². The number of halogens is 1. The first-order chi connectivity index (χ1) is 11.1. The van der Waals surface area contributed by atoms with Gasteiger partial charge >= 0.3 is 0 Å². The minimum Gasteiger partial charge on any atom is -0.335 e. The van der Waals surface area contributed by atoms with Gasteiger partial charge in [-0.1, -0.05) is 59.5 Å². The van der Waals surface area contributed by atoms with Crippen molar-refractivity contribution in [2.45, 2.75) is 18.7 Å². The summed E-state index contributed by atoms with van der Waals surface area (Å²) in [6, 6.07) is 8.24. The van der Waals surface area contributed by atoms with Crippen molar-refractivity contribution in [3.05, 3.63) is 45.3 Å². The molecule has 0 spiro atoms. The van der Waals surface area contributed by atoms with E-state index in [1.54, 1.807) is 16.7 Å². The number of para-hydroxylation sites is 1. The van der Waals surface area contributed by atoms with Crippen LogP contribution in [0.4, 0.5) is 5.69 Å². The Balaban J connectivity index is 1.95. The molecule has 1 saturated heterocycles. The first-order valence-corrected chi connectivity index (χ1v) is 9.68. The van der Waals surface area contributed by atoms with Gasteiger partial charge in [0.15, 0.2) is 0 Å². The summed E-state index contributed by atoms with van der Waals surface area (Å²) in [5.41, 5.74) is 1.18. The number of rotatable bonds is 3. The fourth-order valence-electron chi connectivity index (χ4n) is 2.48. The van der Waals surface area contributed by atoms with Crippen LogP contribution in [0.2, 0.25) is 0 Å². The smallest absolute Gasteiger partial charge is 0.267 e. The second-order valence-corrected chi connectivity index (χ2v) is 8.00. The number of thiocarbonyl (C=S) groups is 1. The molecule has 3 nitrogen and oxygen atoms in total. The van der Waals surface area contributed by atoms with Crippen LogP contribution in [0.3, 0.4) is 0 Å². The molecule has 0 radical (unpaired) electrons. The molecule has 0 saturated carbocycles. The van der Waals surface area contributed by atoms with Crippen molar-refractivity contribution in [1.82, 2.24) is 4.90 Å². The Kier molecular flexibility index (Phi) is 5.06. The Labute approximate surface area is 154 Å². The molecule has 0 aliphatic carbocycles. The predicted molar refractivity (Wildman–Crippen MR) is 104 cm³/mol. The maximum Gasteiger partial charge on any atom is 0.267 e. The number of nitrogens with zero attached hydrogens (tertiary/aromatic N) is 2. The molecule has 120 valence electrons. The molecule has 0 bridgehead atoms. The second-order valence-electron chi connectivity index (χ2n) is 4.89. The molecule has 7 heteroatoms. The molecule has 1 amide bonds. The van der Waals surface area contributed by atoms with Crippen LogP contribution in [-0.2, 0) is 4.79 Å². The number of carbonyl (C=O) groups is 1. The monoisotopic (exact) mass is 382 g/mol. The summed E-state index contributed by atoms with van der Waals surface area (Å²) in [6.07, 6.45) is 1.87. The van der Waals surface area contributed by atoms with Crippen molar-refractivity contribution in [2.75, 3.05) is 18.0 Å². The van der Waals surface area contributed by atoms with Gasteiger partial charge in [-0.3, -0.25) is 9.69 Å². The third-order valence-corrected chi connectivity index (χ3v) is 6.57. The maximum atomic E-state index is 12.4. The van der Waals surface area contributed by atoms with Gasteiger partial charge in [0.2, 0.25) is 0 Å². The van der Waals surface area contributed by atoms with Crippen molar-refractivity contribution in [1.29, 1.82) is 0 Å². The lowest BCUT2D eigenvalue weighted by Crippen LogP contribution is -2.27. The number of anilines is 1. The number of benzene rings is 1. The van der Waals surface area contributed by atoms with Gasteiger partial charge in [0.25, 0.3) is 5.91 Å². The molecule has 2 aliphatic rings.